The van der Waals surface area contributed by atoms with Gasteiger partial charge in [0.15, 0.2) is 0 Å². The van der Waals surface area contributed by atoms with E-state index >= 15 is 0 Å². The van der Waals surface area contributed by atoms with Crippen molar-refractivity contribution < 1.29 is 4.79 Å². The van der Waals surface area contributed by atoms with E-state index in [1.54, 1.807) is 41.6 Å². The lowest BCUT2D eigenvalue weighted by Crippen LogP contribution is -2.33. The number of hydrogen-bond donors (Lipinski definition) is 1. The number of anilines is 1. The molecule has 3 aromatic rings. The highest BCUT2D eigenvalue weighted by atomic mass is 16.1. The van der Waals surface area contributed by atoms with Gasteiger partial charge in [-0.1, -0.05) is 19.1 Å². The molecule has 6 heteroatoms. The van der Waals surface area contributed by atoms with Gasteiger partial charge in [0, 0.05) is 42.9 Å². The molecule has 3 heterocycles. The van der Waals surface area contributed by atoms with Crippen molar-refractivity contribution in [3.63, 3.8) is 0 Å². The molecule has 0 saturated carbocycles. The van der Waals surface area contributed by atoms with Crippen molar-refractivity contribution in [3.8, 4) is 5.82 Å². The second-order valence-corrected chi connectivity index (χ2v) is 7.51. The molecule has 144 valence electrons. The van der Waals surface area contributed by atoms with Crippen LogP contribution in [0.3, 0.4) is 0 Å². The molecule has 1 N–H and O–H groups in total. The van der Waals surface area contributed by atoms with E-state index < -0.39 is 0 Å². The minimum absolute atomic E-state index is 0.152. The molecule has 1 atom stereocenters. The van der Waals surface area contributed by atoms with E-state index in [4.69, 9.17) is 0 Å². The number of imidazole rings is 1. The largest absolute Gasteiger partial charge is 0.322 e. The fourth-order valence-electron chi connectivity index (χ4n) is 3.68. The molecular formula is C22H25N5O. The molecular weight excluding hydrogens is 350 g/mol. The first-order valence-electron chi connectivity index (χ1n) is 9.74. The SMILES string of the molecule is C[C@H]1CCCN(Cc2ccc(NC(=O)c3ccnc(-n4ccnc4)c3)cc2)C1. The number of nitrogens with one attached hydrogen (secondary N) is 1. The van der Waals surface area contributed by atoms with Crippen LogP contribution in [-0.2, 0) is 6.54 Å². The highest BCUT2D eigenvalue weighted by Crippen LogP contribution is 2.19. The van der Waals surface area contributed by atoms with Crippen molar-refractivity contribution in [1.29, 1.82) is 0 Å². The van der Waals surface area contributed by atoms with Crippen LogP contribution in [0, 0.1) is 5.92 Å². The molecule has 2 aromatic heterocycles. The molecule has 0 unspecified atom stereocenters. The van der Waals surface area contributed by atoms with Crippen LogP contribution in [0.2, 0.25) is 0 Å². The van der Waals surface area contributed by atoms with Crippen LogP contribution in [-0.4, -0.2) is 38.4 Å². The van der Waals surface area contributed by atoms with Gasteiger partial charge in [-0.3, -0.25) is 14.3 Å². The summed E-state index contributed by atoms with van der Waals surface area (Å²) in [4.78, 5) is 23.4. The molecule has 0 bridgehead atoms. The Morgan fingerprint density at radius 2 is 2.07 bits per heavy atom. The number of likely N-dealkylation sites (tertiary alicyclic amines) is 1. The smallest absolute Gasteiger partial charge is 0.255 e. The van der Waals surface area contributed by atoms with Crippen LogP contribution in [0.15, 0.2) is 61.3 Å². The summed E-state index contributed by atoms with van der Waals surface area (Å²) in [7, 11) is 0. The molecule has 1 aliphatic heterocycles. The zero-order chi connectivity index (χ0) is 19.3. The Morgan fingerprint density at radius 1 is 1.21 bits per heavy atom. The summed E-state index contributed by atoms with van der Waals surface area (Å²) < 4.78 is 1.77. The van der Waals surface area contributed by atoms with Gasteiger partial charge >= 0.3 is 0 Å². The minimum atomic E-state index is -0.152. The molecule has 1 aromatic carbocycles. The predicted octanol–water partition coefficient (Wildman–Crippen LogP) is 3.75. The van der Waals surface area contributed by atoms with Gasteiger partial charge in [-0.2, -0.15) is 0 Å². The monoisotopic (exact) mass is 375 g/mol. The second kappa shape index (κ2) is 8.35. The Balaban J connectivity index is 1.39. The average Bonchev–Trinajstić information content (AvgIpc) is 3.25. The summed E-state index contributed by atoms with van der Waals surface area (Å²) in [5.41, 5.74) is 2.63. The summed E-state index contributed by atoms with van der Waals surface area (Å²) in [6.07, 6.45) is 9.38. The van der Waals surface area contributed by atoms with Gasteiger partial charge in [-0.05, 0) is 55.1 Å². The highest BCUT2D eigenvalue weighted by molar-refractivity contribution is 6.04. The van der Waals surface area contributed by atoms with Crippen molar-refractivity contribution in [2.45, 2.75) is 26.3 Å². The van der Waals surface area contributed by atoms with Gasteiger partial charge in [-0.25, -0.2) is 9.97 Å². The summed E-state index contributed by atoms with van der Waals surface area (Å²) in [5.74, 6) is 1.29. The lowest BCUT2D eigenvalue weighted by Gasteiger charge is -2.30. The standard InChI is InChI=1S/C22H25N5O/c1-17-3-2-11-26(14-17)15-18-4-6-20(7-5-18)25-22(28)19-8-9-24-21(13-19)27-12-10-23-16-27/h4-10,12-13,16-17H,2-3,11,14-15H2,1H3,(H,25,28)/t17-/m0/s1. The molecule has 0 radical (unpaired) electrons. The first-order chi connectivity index (χ1) is 13.7. The Morgan fingerprint density at radius 3 is 2.82 bits per heavy atom. The van der Waals surface area contributed by atoms with Gasteiger partial charge in [0.05, 0.1) is 0 Å². The van der Waals surface area contributed by atoms with Crippen LogP contribution >= 0.6 is 0 Å². The van der Waals surface area contributed by atoms with Gasteiger partial charge in [0.25, 0.3) is 5.91 Å². The Hall–Kier alpha value is -2.99. The average molecular weight is 375 g/mol. The van der Waals surface area contributed by atoms with Crippen LogP contribution in [0.5, 0.6) is 0 Å². The molecule has 1 amide bonds. The van der Waals surface area contributed by atoms with Crippen molar-refractivity contribution in [1.82, 2.24) is 19.4 Å². The molecule has 0 spiro atoms. The van der Waals surface area contributed by atoms with Gasteiger partial charge in [0.2, 0.25) is 0 Å². The summed E-state index contributed by atoms with van der Waals surface area (Å²) in [6.45, 7) is 5.63. The number of benzene rings is 1. The van der Waals surface area contributed by atoms with Crippen molar-refractivity contribution >= 4 is 11.6 Å². The first-order valence-corrected chi connectivity index (χ1v) is 9.74. The normalized spacial score (nSPS) is 17.4. The van der Waals surface area contributed by atoms with E-state index in [1.165, 1.54) is 31.5 Å². The molecule has 0 aliphatic carbocycles. The number of carbonyl (C=O) groups excluding carboxylic acids is 1. The number of amides is 1. The quantitative estimate of drug-likeness (QED) is 0.738. The third-order valence-electron chi connectivity index (χ3n) is 5.14. The highest BCUT2D eigenvalue weighted by Gasteiger charge is 2.16. The number of piperidine rings is 1. The number of pyridine rings is 1. The maximum absolute atomic E-state index is 12.6. The summed E-state index contributed by atoms with van der Waals surface area (Å²) >= 11 is 0. The van der Waals surface area contributed by atoms with E-state index in [-0.39, 0.29) is 5.91 Å². The van der Waals surface area contributed by atoms with Crippen molar-refractivity contribution in [2.24, 2.45) is 5.92 Å². The third-order valence-corrected chi connectivity index (χ3v) is 5.14. The Bertz CT molecular complexity index is 920. The maximum Gasteiger partial charge on any atom is 0.255 e. The minimum Gasteiger partial charge on any atom is -0.322 e. The van der Waals surface area contributed by atoms with Crippen LogP contribution in [0.4, 0.5) is 5.69 Å². The summed E-state index contributed by atoms with van der Waals surface area (Å²) in [6, 6.07) is 11.6. The molecule has 1 fully saturated rings. The zero-order valence-corrected chi connectivity index (χ0v) is 16.1. The number of aromatic nitrogens is 3. The Kier molecular flexibility index (Phi) is 5.48. The van der Waals surface area contributed by atoms with E-state index in [2.05, 4.69) is 39.2 Å². The molecule has 6 nitrogen and oxygen atoms in total. The van der Waals surface area contributed by atoms with Gasteiger partial charge in [-0.15, -0.1) is 0 Å². The fourth-order valence-corrected chi connectivity index (χ4v) is 3.68. The van der Waals surface area contributed by atoms with Crippen LogP contribution in [0.1, 0.15) is 35.7 Å². The predicted molar refractivity (Wildman–Crippen MR) is 109 cm³/mol. The lowest BCUT2D eigenvalue weighted by molar-refractivity contribution is 0.102. The zero-order valence-electron chi connectivity index (χ0n) is 16.1. The lowest BCUT2D eigenvalue weighted by atomic mass is 10.00. The molecule has 4 rings (SSSR count). The number of hydrogen-bond acceptors (Lipinski definition) is 4. The number of rotatable bonds is 5. The maximum atomic E-state index is 12.6. The van der Waals surface area contributed by atoms with Crippen molar-refractivity contribution in [3.05, 3.63) is 72.4 Å². The van der Waals surface area contributed by atoms with E-state index in [0.717, 1.165) is 18.2 Å². The van der Waals surface area contributed by atoms with E-state index in [0.29, 0.717) is 11.4 Å². The van der Waals surface area contributed by atoms with Gasteiger partial charge in [0.1, 0.15) is 12.1 Å². The summed E-state index contributed by atoms with van der Waals surface area (Å²) in [5, 5.41) is 2.96. The number of nitrogens with zero attached hydrogens (tertiary/aromatic N) is 4. The van der Waals surface area contributed by atoms with E-state index in [1.807, 2.05) is 12.1 Å². The number of carbonyl (C=O) groups is 1. The van der Waals surface area contributed by atoms with Crippen molar-refractivity contribution in [2.75, 3.05) is 18.4 Å². The molecule has 1 aliphatic rings. The molecule has 1 saturated heterocycles. The first kappa shape index (κ1) is 18.4. The van der Waals surface area contributed by atoms with Crippen LogP contribution < -0.4 is 5.32 Å². The fraction of sp³-hybridized carbons (Fsp3) is 0.318. The van der Waals surface area contributed by atoms with Crippen LogP contribution in [0.25, 0.3) is 5.82 Å². The third kappa shape index (κ3) is 4.46. The topological polar surface area (TPSA) is 63.1 Å². The molecule has 28 heavy (non-hydrogen) atoms. The van der Waals surface area contributed by atoms with E-state index in [9.17, 15) is 4.79 Å². The second-order valence-electron chi connectivity index (χ2n) is 7.51. The van der Waals surface area contributed by atoms with Gasteiger partial charge < -0.3 is 5.32 Å². The Labute approximate surface area is 165 Å².